The normalized spacial score (nSPS) is 10.5. The van der Waals surface area contributed by atoms with Gasteiger partial charge >= 0.3 is 0 Å². The molecule has 0 spiro atoms. The molecule has 0 aromatic carbocycles. The fraction of sp³-hybridized carbons (Fsp3) is 0.333. The van der Waals surface area contributed by atoms with Gasteiger partial charge in [-0.3, -0.25) is 4.68 Å². The predicted octanol–water partition coefficient (Wildman–Crippen LogP) is 1.17. The summed E-state index contributed by atoms with van der Waals surface area (Å²) in [4.78, 5) is 0. The lowest BCUT2D eigenvalue weighted by Crippen LogP contribution is -2.03. The summed E-state index contributed by atoms with van der Waals surface area (Å²) in [5.74, 6) is 0. The topological polar surface area (TPSA) is 35.6 Å². The van der Waals surface area contributed by atoms with Gasteiger partial charge < -0.3 is 4.57 Å². The van der Waals surface area contributed by atoms with Crippen molar-refractivity contribution in [2.45, 2.75) is 19.5 Å². The van der Waals surface area contributed by atoms with E-state index >= 15 is 0 Å². The lowest BCUT2D eigenvalue weighted by Gasteiger charge is -2.01. The highest BCUT2D eigenvalue weighted by atomic mass is 15.4. The number of rotatable bonds is 4. The van der Waals surface area contributed by atoms with Gasteiger partial charge in [-0.05, 0) is 18.6 Å². The van der Waals surface area contributed by atoms with Crippen molar-refractivity contribution < 1.29 is 0 Å². The van der Waals surface area contributed by atoms with Crippen LogP contribution in [0.1, 0.15) is 6.42 Å². The first-order valence-electron chi connectivity index (χ1n) is 4.40. The van der Waals surface area contributed by atoms with Gasteiger partial charge in [-0.15, -0.1) is 5.10 Å². The number of aryl methyl sites for hydroxylation is 2. The molecule has 0 amide bonds. The molecular formula is C9H12N4. The Morgan fingerprint density at radius 1 is 1.00 bits per heavy atom. The van der Waals surface area contributed by atoms with E-state index in [1.54, 1.807) is 6.20 Å². The number of aromatic nitrogens is 4. The molecule has 0 aliphatic carbocycles. The fourth-order valence-corrected chi connectivity index (χ4v) is 1.29. The van der Waals surface area contributed by atoms with E-state index in [1.165, 1.54) is 0 Å². The van der Waals surface area contributed by atoms with Gasteiger partial charge in [0.1, 0.15) is 0 Å². The zero-order valence-corrected chi connectivity index (χ0v) is 7.37. The zero-order valence-electron chi connectivity index (χ0n) is 7.37. The molecule has 68 valence electrons. The summed E-state index contributed by atoms with van der Waals surface area (Å²) in [5.41, 5.74) is 0. The van der Waals surface area contributed by atoms with Crippen LogP contribution >= 0.6 is 0 Å². The van der Waals surface area contributed by atoms with Crippen molar-refractivity contribution >= 4 is 0 Å². The first-order valence-corrected chi connectivity index (χ1v) is 4.40. The van der Waals surface area contributed by atoms with Crippen LogP contribution in [0.2, 0.25) is 0 Å². The van der Waals surface area contributed by atoms with Crippen LogP contribution in [-0.4, -0.2) is 19.6 Å². The minimum absolute atomic E-state index is 0.929. The summed E-state index contributed by atoms with van der Waals surface area (Å²) in [6.07, 6.45) is 8.81. The Balaban J connectivity index is 1.76. The van der Waals surface area contributed by atoms with Gasteiger partial charge in [-0.2, -0.15) is 0 Å². The molecule has 2 aromatic heterocycles. The third kappa shape index (κ3) is 2.18. The molecule has 13 heavy (non-hydrogen) atoms. The maximum absolute atomic E-state index is 3.89. The van der Waals surface area contributed by atoms with Gasteiger partial charge in [0.05, 0.1) is 6.20 Å². The largest absolute Gasteiger partial charge is 0.354 e. The average Bonchev–Trinajstić information content (AvgIpc) is 2.75. The van der Waals surface area contributed by atoms with Crippen molar-refractivity contribution in [1.29, 1.82) is 0 Å². The van der Waals surface area contributed by atoms with Crippen LogP contribution < -0.4 is 0 Å². The number of hydrogen-bond acceptors (Lipinski definition) is 2. The lowest BCUT2D eigenvalue weighted by molar-refractivity contribution is 0.515. The van der Waals surface area contributed by atoms with Crippen molar-refractivity contribution in [3.8, 4) is 0 Å². The third-order valence-corrected chi connectivity index (χ3v) is 1.94. The van der Waals surface area contributed by atoms with Gasteiger partial charge in [0.2, 0.25) is 0 Å². The molecule has 4 nitrogen and oxygen atoms in total. The molecule has 2 aromatic rings. The minimum Gasteiger partial charge on any atom is -0.354 e. The molecule has 0 bridgehead atoms. The molecule has 0 aliphatic rings. The maximum Gasteiger partial charge on any atom is 0.0692 e. The molecule has 2 rings (SSSR count). The van der Waals surface area contributed by atoms with Crippen molar-refractivity contribution in [3.05, 3.63) is 36.9 Å². The second-order valence-corrected chi connectivity index (χ2v) is 2.94. The van der Waals surface area contributed by atoms with E-state index in [-0.39, 0.29) is 0 Å². The fourth-order valence-electron chi connectivity index (χ4n) is 1.29. The van der Waals surface area contributed by atoms with Gasteiger partial charge in [-0.1, -0.05) is 5.21 Å². The standard InChI is InChI=1S/C9H12N4/c1-2-6-12(5-1)7-3-8-13-9-4-10-11-13/h1-2,4-6,9H,3,7-8H2. The van der Waals surface area contributed by atoms with Gasteiger partial charge in [0, 0.05) is 31.7 Å². The van der Waals surface area contributed by atoms with Crippen molar-refractivity contribution in [3.63, 3.8) is 0 Å². The van der Waals surface area contributed by atoms with Gasteiger partial charge in [0.15, 0.2) is 0 Å². The van der Waals surface area contributed by atoms with Crippen LogP contribution in [0.25, 0.3) is 0 Å². The summed E-state index contributed by atoms with van der Waals surface area (Å²) in [7, 11) is 0. The van der Waals surface area contributed by atoms with E-state index in [9.17, 15) is 0 Å². The van der Waals surface area contributed by atoms with Crippen LogP contribution in [0.4, 0.5) is 0 Å². The van der Waals surface area contributed by atoms with E-state index < -0.39 is 0 Å². The van der Waals surface area contributed by atoms with Gasteiger partial charge in [0.25, 0.3) is 0 Å². The molecule has 0 N–H and O–H groups in total. The minimum atomic E-state index is 0.929. The Morgan fingerprint density at radius 2 is 1.85 bits per heavy atom. The number of nitrogens with zero attached hydrogens (tertiary/aromatic N) is 4. The van der Waals surface area contributed by atoms with E-state index in [0.29, 0.717) is 0 Å². The number of hydrogen-bond donors (Lipinski definition) is 0. The first kappa shape index (κ1) is 8.04. The van der Waals surface area contributed by atoms with Crippen LogP contribution in [0.5, 0.6) is 0 Å². The predicted molar refractivity (Wildman–Crippen MR) is 49.1 cm³/mol. The lowest BCUT2D eigenvalue weighted by atomic mass is 10.4. The Kier molecular flexibility index (Phi) is 2.40. The molecule has 0 unspecified atom stereocenters. The van der Waals surface area contributed by atoms with Crippen LogP contribution in [0, 0.1) is 0 Å². The van der Waals surface area contributed by atoms with E-state index in [4.69, 9.17) is 0 Å². The van der Waals surface area contributed by atoms with Crippen LogP contribution in [0.15, 0.2) is 36.9 Å². The Hall–Kier alpha value is -1.58. The molecule has 0 saturated heterocycles. The molecule has 0 saturated carbocycles. The second kappa shape index (κ2) is 3.89. The van der Waals surface area contributed by atoms with Crippen molar-refractivity contribution in [1.82, 2.24) is 19.6 Å². The second-order valence-electron chi connectivity index (χ2n) is 2.94. The Labute approximate surface area is 76.8 Å². The molecule has 0 atom stereocenters. The van der Waals surface area contributed by atoms with Crippen molar-refractivity contribution in [2.24, 2.45) is 0 Å². The van der Waals surface area contributed by atoms with Crippen molar-refractivity contribution in [2.75, 3.05) is 0 Å². The summed E-state index contributed by atoms with van der Waals surface area (Å²) in [6.45, 7) is 1.96. The van der Waals surface area contributed by atoms with Crippen LogP contribution in [0.3, 0.4) is 0 Å². The summed E-state index contributed by atoms with van der Waals surface area (Å²) in [6, 6.07) is 4.07. The molecule has 0 aliphatic heterocycles. The highest BCUT2D eigenvalue weighted by molar-refractivity contribution is 4.89. The smallest absolute Gasteiger partial charge is 0.0692 e. The van der Waals surface area contributed by atoms with E-state index in [2.05, 4.69) is 27.3 Å². The average molecular weight is 176 g/mol. The SMILES string of the molecule is c1ccn(CCCn2ccnn2)c1. The molecule has 2 heterocycles. The summed E-state index contributed by atoms with van der Waals surface area (Å²) in [5, 5.41) is 7.64. The van der Waals surface area contributed by atoms with Crippen LogP contribution in [-0.2, 0) is 13.1 Å². The zero-order chi connectivity index (χ0) is 8.93. The molecular weight excluding hydrogens is 164 g/mol. The highest BCUT2D eigenvalue weighted by Gasteiger charge is 1.92. The first-order chi connectivity index (χ1) is 6.45. The molecule has 4 heteroatoms. The van der Waals surface area contributed by atoms with E-state index in [0.717, 1.165) is 19.5 Å². The third-order valence-electron chi connectivity index (χ3n) is 1.94. The quantitative estimate of drug-likeness (QED) is 0.701. The summed E-state index contributed by atoms with van der Waals surface area (Å²) >= 11 is 0. The monoisotopic (exact) mass is 176 g/mol. The molecule has 0 fully saturated rings. The Bertz CT molecular complexity index is 288. The highest BCUT2D eigenvalue weighted by Crippen LogP contribution is 1.95. The van der Waals surface area contributed by atoms with E-state index in [1.807, 2.05) is 23.0 Å². The maximum atomic E-state index is 3.89. The summed E-state index contributed by atoms with van der Waals surface area (Å²) < 4.78 is 4.01. The Morgan fingerprint density at radius 3 is 2.54 bits per heavy atom. The van der Waals surface area contributed by atoms with Gasteiger partial charge in [-0.25, -0.2) is 0 Å². The molecule has 0 radical (unpaired) electrons.